The van der Waals surface area contributed by atoms with Crippen molar-refractivity contribution in [2.24, 2.45) is 5.73 Å². The minimum absolute atomic E-state index is 0.0392. The van der Waals surface area contributed by atoms with Crippen LogP contribution in [0.5, 0.6) is 0 Å². The van der Waals surface area contributed by atoms with Crippen LogP contribution >= 0.6 is 0 Å². The van der Waals surface area contributed by atoms with Crippen LogP contribution in [0.15, 0.2) is 0 Å². The van der Waals surface area contributed by atoms with E-state index < -0.39 is 6.16 Å². The molecule has 0 saturated heterocycles. The fourth-order valence-electron chi connectivity index (χ4n) is 0.966. The molecule has 0 saturated carbocycles. The monoisotopic (exact) mass is 220 g/mol. The molecule has 0 fully saturated rings. The maximum atomic E-state index is 10.8. The fourth-order valence-corrected chi connectivity index (χ4v) is 0.966. The second-order valence-electron chi connectivity index (χ2n) is 3.01. The van der Waals surface area contributed by atoms with Crippen molar-refractivity contribution >= 4 is 6.16 Å². The van der Waals surface area contributed by atoms with E-state index in [1.807, 2.05) is 6.92 Å². The Morgan fingerprint density at radius 3 is 2.73 bits per heavy atom. The van der Waals surface area contributed by atoms with Crippen molar-refractivity contribution in [2.45, 2.75) is 39.2 Å². The first-order valence-corrected chi connectivity index (χ1v) is 5.18. The van der Waals surface area contributed by atoms with Gasteiger partial charge < -0.3 is 15.3 Å². The van der Waals surface area contributed by atoms with Gasteiger partial charge in [0.05, 0.1) is 6.10 Å². The highest BCUT2D eigenvalue weighted by Crippen LogP contribution is 2.04. The van der Waals surface area contributed by atoms with Crippen molar-refractivity contribution in [1.29, 1.82) is 0 Å². The van der Waals surface area contributed by atoms with Gasteiger partial charge in [-0.25, -0.2) is 4.79 Å². The van der Waals surface area contributed by atoms with E-state index in [-0.39, 0.29) is 19.3 Å². The second-order valence-corrected chi connectivity index (χ2v) is 3.01. The van der Waals surface area contributed by atoms with Gasteiger partial charge in [-0.15, -0.1) is 0 Å². The Morgan fingerprint density at radius 2 is 2.20 bits per heavy atom. The van der Waals surface area contributed by atoms with Gasteiger partial charge in [-0.3, -0.25) is 4.84 Å². The quantitative estimate of drug-likeness (QED) is 0.471. The Labute approximate surface area is 90.0 Å². The van der Waals surface area contributed by atoms with Gasteiger partial charge in [-0.05, 0) is 18.5 Å². The first-order chi connectivity index (χ1) is 7.24. The molecule has 0 aliphatic carbocycles. The smallest absolute Gasteiger partial charge is 0.432 e. The molecule has 0 radical (unpaired) electrons. The van der Waals surface area contributed by atoms with Crippen LogP contribution < -0.4 is 11.4 Å². The summed E-state index contributed by atoms with van der Waals surface area (Å²) in [4.78, 5) is 20.3. The minimum Gasteiger partial charge on any atom is -0.432 e. The molecule has 0 spiro atoms. The van der Waals surface area contributed by atoms with E-state index in [2.05, 4.69) is 22.1 Å². The van der Waals surface area contributed by atoms with Gasteiger partial charge in [0.15, 0.2) is 0 Å². The standard InChI is InChI=1S/C9H20N2O4/c1-3-5-8(4-2)14-11-15-9(12)13-7-6-10/h8,11H,3-7,10H2,1-2H3. The molecule has 0 aromatic carbocycles. The maximum Gasteiger partial charge on any atom is 0.529 e. The zero-order valence-electron chi connectivity index (χ0n) is 9.32. The lowest BCUT2D eigenvalue weighted by Gasteiger charge is -2.14. The van der Waals surface area contributed by atoms with Crippen LogP contribution in [-0.2, 0) is 14.4 Å². The number of ether oxygens (including phenoxy) is 1. The van der Waals surface area contributed by atoms with Crippen molar-refractivity contribution in [3.8, 4) is 0 Å². The van der Waals surface area contributed by atoms with Crippen LogP contribution in [-0.4, -0.2) is 25.4 Å². The lowest BCUT2D eigenvalue weighted by molar-refractivity contribution is -0.178. The summed E-state index contributed by atoms with van der Waals surface area (Å²) in [5.41, 5.74) is 7.24. The van der Waals surface area contributed by atoms with E-state index in [0.29, 0.717) is 0 Å². The van der Waals surface area contributed by atoms with E-state index in [1.54, 1.807) is 0 Å². The van der Waals surface area contributed by atoms with Crippen LogP contribution in [0.25, 0.3) is 0 Å². The molecule has 0 aliphatic heterocycles. The number of nitrogens with one attached hydrogen (secondary N) is 1. The molecule has 3 N–H and O–H groups in total. The van der Waals surface area contributed by atoms with E-state index in [1.165, 1.54) is 0 Å². The van der Waals surface area contributed by atoms with Crippen LogP contribution in [0.3, 0.4) is 0 Å². The van der Waals surface area contributed by atoms with Crippen molar-refractivity contribution in [2.75, 3.05) is 13.2 Å². The van der Waals surface area contributed by atoms with E-state index in [0.717, 1.165) is 19.3 Å². The number of hydrogen-bond donors (Lipinski definition) is 2. The van der Waals surface area contributed by atoms with Gasteiger partial charge in [0.2, 0.25) is 0 Å². The fraction of sp³-hybridized carbons (Fsp3) is 0.889. The average Bonchev–Trinajstić information content (AvgIpc) is 2.25. The van der Waals surface area contributed by atoms with E-state index >= 15 is 0 Å². The molecule has 0 amide bonds. The molecule has 1 unspecified atom stereocenters. The topological polar surface area (TPSA) is 82.8 Å². The maximum absolute atomic E-state index is 10.8. The first kappa shape index (κ1) is 14.2. The molecule has 15 heavy (non-hydrogen) atoms. The van der Waals surface area contributed by atoms with Gasteiger partial charge in [0.1, 0.15) is 6.61 Å². The third-order valence-electron chi connectivity index (χ3n) is 1.74. The number of carbonyl (C=O) groups excluding carboxylic acids is 1. The minimum atomic E-state index is -0.841. The summed E-state index contributed by atoms with van der Waals surface area (Å²) in [5.74, 6) is 0. The molecule has 0 aromatic heterocycles. The molecule has 6 heteroatoms. The van der Waals surface area contributed by atoms with Crippen LogP contribution in [0, 0.1) is 0 Å². The first-order valence-electron chi connectivity index (χ1n) is 5.18. The summed E-state index contributed by atoms with van der Waals surface area (Å²) >= 11 is 0. The van der Waals surface area contributed by atoms with Crippen molar-refractivity contribution in [1.82, 2.24) is 5.64 Å². The van der Waals surface area contributed by atoms with Gasteiger partial charge in [0.25, 0.3) is 0 Å². The molecular weight excluding hydrogens is 200 g/mol. The van der Waals surface area contributed by atoms with E-state index in [9.17, 15) is 4.79 Å². The summed E-state index contributed by atoms with van der Waals surface area (Å²) < 4.78 is 4.54. The Bertz CT molecular complexity index is 166. The van der Waals surface area contributed by atoms with Gasteiger partial charge in [0, 0.05) is 6.54 Å². The van der Waals surface area contributed by atoms with Crippen molar-refractivity contribution in [3.63, 3.8) is 0 Å². The predicted octanol–water partition coefficient (Wildman–Crippen LogP) is 1.11. The SMILES string of the molecule is CCCC(CC)ONOC(=O)OCCN. The van der Waals surface area contributed by atoms with Crippen LogP contribution in [0.1, 0.15) is 33.1 Å². The molecular formula is C9H20N2O4. The van der Waals surface area contributed by atoms with Crippen LogP contribution in [0.2, 0.25) is 0 Å². The molecule has 0 bridgehead atoms. The predicted molar refractivity (Wildman–Crippen MR) is 54.7 cm³/mol. The summed E-state index contributed by atoms with van der Waals surface area (Å²) in [5, 5.41) is 0. The van der Waals surface area contributed by atoms with Crippen LogP contribution in [0.4, 0.5) is 4.79 Å². The van der Waals surface area contributed by atoms with E-state index in [4.69, 9.17) is 10.6 Å². The summed E-state index contributed by atoms with van der Waals surface area (Å²) in [6.07, 6.45) is 1.97. The largest absolute Gasteiger partial charge is 0.529 e. The van der Waals surface area contributed by atoms with Gasteiger partial charge in [-0.1, -0.05) is 20.3 Å². The Morgan fingerprint density at radius 1 is 1.47 bits per heavy atom. The average molecular weight is 220 g/mol. The highest BCUT2D eigenvalue weighted by Gasteiger charge is 2.07. The lowest BCUT2D eigenvalue weighted by Crippen LogP contribution is -2.27. The summed E-state index contributed by atoms with van der Waals surface area (Å²) in [7, 11) is 0. The Hall–Kier alpha value is -0.850. The lowest BCUT2D eigenvalue weighted by atomic mass is 10.2. The third-order valence-corrected chi connectivity index (χ3v) is 1.74. The molecule has 6 nitrogen and oxygen atoms in total. The highest BCUT2D eigenvalue weighted by atomic mass is 17.0. The molecule has 0 aliphatic rings. The van der Waals surface area contributed by atoms with Gasteiger partial charge >= 0.3 is 6.16 Å². The summed E-state index contributed by atoms with van der Waals surface area (Å²) in [6, 6.07) is 0. The molecule has 0 rings (SSSR count). The normalized spacial score (nSPS) is 12.2. The number of carbonyl (C=O) groups is 1. The molecule has 90 valence electrons. The molecule has 0 aromatic rings. The molecule has 0 heterocycles. The number of hydrogen-bond acceptors (Lipinski definition) is 6. The third kappa shape index (κ3) is 8.17. The van der Waals surface area contributed by atoms with Crippen molar-refractivity contribution < 1.29 is 19.2 Å². The van der Waals surface area contributed by atoms with Gasteiger partial charge in [-0.2, -0.15) is 0 Å². The Kier molecular flexibility index (Phi) is 9.15. The Balaban J connectivity index is 3.45. The van der Waals surface area contributed by atoms with Crippen molar-refractivity contribution in [3.05, 3.63) is 0 Å². The molecule has 1 atom stereocenters. The zero-order valence-corrected chi connectivity index (χ0v) is 9.32. The number of rotatable bonds is 8. The highest BCUT2D eigenvalue weighted by molar-refractivity contribution is 5.59. The second kappa shape index (κ2) is 9.70. The zero-order chi connectivity index (χ0) is 11.5. The number of nitrogens with two attached hydrogens (primary N) is 1. The summed E-state index contributed by atoms with van der Waals surface area (Å²) in [6.45, 7) is 4.45.